The van der Waals surface area contributed by atoms with Gasteiger partial charge in [0.15, 0.2) is 5.69 Å². The van der Waals surface area contributed by atoms with E-state index in [1.54, 1.807) is 17.1 Å². The summed E-state index contributed by atoms with van der Waals surface area (Å²) in [5.41, 5.74) is 3.05. The maximum atomic E-state index is 11.0. The maximum Gasteiger partial charge on any atom is 0.356 e. The fourth-order valence-electron chi connectivity index (χ4n) is 2.06. The first-order valence-electron chi connectivity index (χ1n) is 6.58. The smallest absolute Gasteiger partial charge is 0.356 e. The Labute approximate surface area is 144 Å². The van der Waals surface area contributed by atoms with E-state index in [1.165, 1.54) is 17.7 Å². The summed E-state index contributed by atoms with van der Waals surface area (Å²) in [6.45, 7) is 2.00. The third-order valence-corrected chi connectivity index (χ3v) is 4.78. The molecule has 0 saturated carbocycles. The van der Waals surface area contributed by atoms with Gasteiger partial charge >= 0.3 is 5.97 Å². The van der Waals surface area contributed by atoms with Gasteiger partial charge in [0.05, 0.1) is 5.69 Å². The van der Waals surface area contributed by atoms with Crippen molar-refractivity contribution in [3.8, 4) is 5.69 Å². The van der Waals surface area contributed by atoms with Crippen LogP contribution in [0.5, 0.6) is 0 Å². The van der Waals surface area contributed by atoms with Gasteiger partial charge in [0.25, 0.3) is 0 Å². The van der Waals surface area contributed by atoms with Gasteiger partial charge in [-0.25, -0.2) is 19.4 Å². The van der Waals surface area contributed by atoms with Gasteiger partial charge in [0.2, 0.25) is 0 Å². The summed E-state index contributed by atoms with van der Waals surface area (Å²) in [6, 6.07) is 5.94. The number of hydrogen-bond donors (Lipinski definition) is 1. The van der Waals surface area contributed by atoms with E-state index in [-0.39, 0.29) is 5.69 Å². The van der Waals surface area contributed by atoms with Crippen molar-refractivity contribution < 1.29 is 9.90 Å². The third-order valence-electron chi connectivity index (χ3n) is 3.11. The zero-order chi connectivity index (χ0) is 16.4. The van der Waals surface area contributed by atoms with Crippen LogP contribution in [-0.2, 0) is 0 Å². The standard InChI is InChI=1S/C15H11BrN4O2S/c1-9-6-10(2-4-11(9)20-8-17-7-18-20)3-5-12-19-13(15(21)22)14(16)23-12/h2-8H,1H3,(H,21,22). The van der Waals surface area contributed by atoms with E-state index < -0.39 is 5.97 Å². The first kappa shape index (κ1) is 15.6. The second-order valence-electron chi connectivity index (χ2n) is 4.70. The number of carboxylic acid groups (broad SMARTS) is 1. The lowest BCUT2D eigenvalue weighted by Gasteiger charge is -2.05. The largest absolute Gasteiger partial charge is 0.476 e. The summed E-state index contributed by atoms with van der Waals surface area (Å²) in [7, 11) is 0. The molecule has 0 fully saturated rings. The van der Waals surface area contributed by atoms with Crippen LogP contribution in [0, 0.1) is 6.92 Å². The van der Waals surface area contributed by atoms with Crippen LogP contribution >= 0.6 is 27.3 Å². The Balaban J connectivity index is 1.84. The first-order chi connectivity index (χ1) is 11.0. The molecule has 6 nitrogen and oxygen atoms in total. The molecule has 0 saturated heterocycles. The number of nitrogens with zero attached hydrogens (tertiary/aromatic N) is 4. The fourth-order valence-corrected chi connectivity index (χ4v) is 3.50. The van der Waals surface area contributed by atoms with E-state index in [9.17, 15) is 4.79 Å². The highest BCUT2D eigenvalue weighted by Gasteiger charge is 2.13. The van der Waals surface area contributed by atoms with Gasteiger partial charge in [-0.05, 0) is 52.2 Å². The summed E-state index contributed by atoms with van der Waals surface area (Å²) in [5, 5.41) is 13.7. The number of halogens is 1. The number of aromatic nitrogens is 4. The average molecular weight is 391 g/mol. The van der Waals surface area contributed by atoms with Gasteiger partial charge in [-0.3, -0.25) is 0 Å². The van der Waals surface area contributed by atoms with Crippen LogP contribution in [-0.4, -0.2) is 30.8 Å². The van der Waals surface area contributed by atoms with Crippen LogP contribution in [0.15, 0.2) is 34.6 Å². The second-order valence-corrected chi connectivity index (χ2v) is 7.05. The van der Waals surface area contributed by atoms with Crippen molar-refractivity contribution in [2.24, 2.45) is 0 Å². The number of carbonyl (C=O) groups is 1. The molecular weight excluding hydrogens is 380 g/mol. The normalized spacial score (nSPS) is 11.2. The van der Waals surface area contributed by atoms with Crippen LogP contribution in [0.25, 0.3) is 17.8 Å². The van der Waals surface area contributed by atoms with E-state index in [4.69, 9.17) is 5.11 Å². The molecular formula is C15H11BrN4O2S. The molecule has 1 N–H and O–H groups in total. The van der Waals surface area contributed by atoms with Crippen molar-refractivity contribution in [2.45, 2.75) is 6.92 Å². The number of aromatic carboxylic acids is 1. The lowest BCUT2D eigenvalue weighted by atomic mass is 10.1. The van der Waals surface area contributed by atoms with Crippen LogP contribution in [0.4, 0.5) is 0 Å². The summed E-state index contributed by atoms with van der Waals surface area (Å²) >= 11 is 4.50. The Hall–Kier alpha value is -2.32. The molecule has 0 aliphatic heterocycles. The second kappa shape index (κ2) is 6.43. The Morgan fingerprint density at radius 2 is 2.22 bits per heavy atom. The molecule has 2 aromatic heterocycles. The van der Waals surface area contributed by atoms with Gasteiger partial charge in [-0.2, -0.15) is 5.10 Å². The van der Waals surface area contributed by atoms with Crippen LogP contribution in [0.3, 0.4) is 0 Å². The molecule has 0 unspecified atom stereocenters. The van der Waals surface area contributed by atoms with Crippen molar-refractivity contribution in [3.63, 3.8) is 0 Å². The number of benzene rings is 1. The Kier molecular flexibility index (Phi) is 4.35. The maximum absolute atomic E-state index is 11.0. The number of rotatable bonds is 4. The summed E-state index contributed by atoms with van der Waals surface area (Å²) in [5.74, 6) is -1.04. The molecule has 2 heterocycles. The lowest BCUT2D eigenvalue weighted by Crippen LogP contribution is -1.97. The van der Waals surface area contributed by atoms with E-state index in [1.807, 2.05) is 31.2 Å². The predicted octanol–water partition coefficient (Wildman–Crippen LogP) is 3.66. The molecule has 8 heteroatoms. The molecule has 0 atom stereocenters. The molecule has 116 valence electrons. The number of thiazole rings is 1. The Morgan fingerprint density at radius 1 is 1.39 bits per heavy atom. The summed E-state index contributed by atoms with van der Waals surface area (Å²) < 4.78 is 2.22. The monoisotopic (exact) mass is 390 g/mol. The van der Waals surface area contributed by atoms with Gasteiger partial charge in [-0.1, -0.05) is 12.1 Å². The summed E-state index contributed by atoms with van der Waals surface area (Å²) in [4.78, 5) is 19.0. The molecule has 3 rings (SSSR count). The molecule has 1 aromatic carbocycles. The molecule has 23 heavy (non-hydrogen) atoms. The minimum absolute atomic E-state index is 0.0346. The van der Waals surface area contributed by atoms with Crippen LogP contribution < -0.4 is 0 Å². The van der Waals surface area contributed by atoms with Crippen LogP contribution in [0.2, 0.25) is 0 Å². The van der Waals surface area contributed by atoms with Crippen molar-refractivity contribution >= 4 is 45.4 Å². The van der Waals surface area contributed by atoms with Crippen molar-refractivity contribution in [2.75, 3.05) is 0 Å². The van der Waals surface area contributed by atoms with E-state index in [2.05, 4.69) is 31.0 Å². The van der Waals surface area contributed by atoms with Crippen molar-refractivity contribution in [1.29, 1.82) is 0 Å². The number of hydrogen-bond acceptors (Lipinski definition) is 5. The topological polar surface area (TPSA) is 80.9 Å². The molecule has 3 aromatic rings. The first-order valence-corrected chi connectivity index (χ1v) is 8.19. The van der Waals surface area contributed by atoms with Gasteiger partial charge in [-0.15, -0.1) is 11.3 Å². The molecule has 0 aliphatic rings. The highest BCUT2D eigenvalue weighted by atomic mass is 79.9. The van der Waals surface area contributed by atoms with E-state index in [0.29, 0.717) is 8.79 Å². The van der Waals surface area contributed by atoms with Gasteiger partial charge in [0.1, 0.15) is 21.4 Å². The molecule has 0 bridgehead atoms. The summed E-state index contributed by atoms with van der Waals surface area (Å²) in [6.07, 6.45) is 6.84. The van der Waals surface area contributed by atoms with Crippen LogP contribution in [0.1, 0.15) is 26.6 Å². The Morgan fingerprint density at radius 3 is 2.83 bits per heavy atom. The van der Waals surface area contributed by atoms with Crippen molar-refractivity contribution in [1.82, 2.24) is 19.7 Å². The van der Waals surface area contributed by atoms with Gasteiger partial charge < -0.3 is 5.11 Å². The minimum atomic E-state index is -1.04. The SMILES string of the molecule is Cc1cc(C=Cc2nc(C(=O)O)c(Br)s2)ccc1-n1cncn1. The predicted molar refractivity (Wildman–Crippen MR) is 91.8 cm³/mol. The minimum Gasteiger partial charge on any atom is -0.476 e. The average Bonchev–Trinajstić information content (AvgIpc) is 3.14. The zero-order valence-electron chi connectivity index (χ0n) is 12.0. The van der Waals surface area contributed by atoms with Crippen molar-refractivity contribution in [3.05, 3.63) is 56.5 Å². The highest BCUT2D eigenvalue weighted by molar-refractivity contribution is 9.11. The molecule has 0 amide bonds. The van der Waals surface area contributed by atoms with E-state index in [0.717, 1.165) is 16.8 Å². The fraction of sp³-hybridized carbons (Fsp3) is 0.0667. The van der Waals surface area contributed by atoms with E-state index >= 15 is 0 Å². The quantitative estimate of drug-likeness (QED) is 0.734. The molecule has 0 aliphatic carbocycles. The lowest BCUT2D eigenvalue weighted by molar-refractivity contribution is 0.0690. The number of carboxylic acids is 1. The molecule has 0 spiro atoms. The molecule has 0 radical (unpaired) electrons. The highest BCUT2D eigenvalue weighted by Crippen LogP contribution is 2.26. The third kappa shape index (κ3) is 3.38. The number of aryl methyl sites for hydroxylation is 1. The van der Waals surface area contributed by atoms with Gasteiger partial charge in [0, 0.05) is 0 Å². The Bertz CT molecular complexity index is 887. The zero-order valence-corrected chi connectivity index (χ0v) is 14.4.